The Bertz CT molecular complexity index is 565. The Balaban J connectivity index is 0.00000576. The van der Waals surface area contributed by atoms with Crippen molar-refractivity contribution >= 4 is 41.5 Å². The van der Waals surface area contributed by atoms with E-state index in [0.717, 1.165) is 12.2 Å². The molecule has 0 saturated heterocycles. The van der Waals surface area contributed by atoms with E-state index in [4.69, 9.17) is 9.47 Å². The fourth-order valence-electron chi connectivity index (χ4n) is 2.02. The van der Waals surface area contributed by atoms with Crippen LogP contribution in [0.3, 0.4) is 0 Å². The third-order valence-corrected chi connectivity index (χ3v) is 3.05. The molecular weight excluding hydrogens is 435 g/mol. The van der Waals surface area contributed by atoms with E-state index in [2.05, 4.69) is 20.9 Å². The van der Waals surface area contributed by atoms with Gasteiger partial charge < -0.3 is 25.4 Å². The van der Waals surface area contributed by atoms with E-state index >= 15 is 0 Å². The minimum atomic E-state index is -0.00397. The summed E-state index contributed by atoms with van der Waals surface area (Å²) in [5, 5.41) is 9.19. The highest BCUT2D eigenvalue weighted by Crippen LogP contribution is 2.29. The molecule has 7 nitrogen and oxygen atoms in total. The zero-order chi connectivity index (χ0) is 17.9. The second-order valence-electron chi connectivity index (χ2n) is 5.43. The van der Waals surface area contributed by atoms with Crippen molar-refractivity contribution in [3.8, 4) is 11.5 Å². The van der Waals surface area contributed by atoms with Crippen molar-refractivity contribution in [1.29, 1.82) is 0 Å². The zero-order valence-corrected chi connectivity index (χ0v) is 17.8. The normalized spacial score (nSPS) is 10.7. The topological polar surface area (TPSA) is 84.0 Å². The number of amides is 1. The molecule has 1 aromatic carbocycles. The lowest BCUT2D eigenvalue weighted by molar-refractivity contribution is -0.121. The highest BCUT2D eigenvalue weighted by molar-refractivity contribution is 14.0. The number of nitrogens with zero attached hydrogens (tertiary/aromatic N) is 1. The van der Waals surface area contributed by atoms with Gasteiger partial charge in [0.2, 0.25) is 5.91 Å². The molecule has 0 unspecified atom stereocenters. The quantitative estimate of drug-likeness (QED) is 0.313. The molecule has 0 aliphatic rings. The van der Waals surface area contributed by atoms with Gasteiger partial charge in [-0.05, 0) is 32.9 Å². The van der Waals surface area contributed by atoms with Crippen molar-refractivity contribution in [2.24, 2.45) is 4.99 Å². The molecule has 0 atom stereocenters. The summed E-state index contributed by atoms with van der Waals surface area (Å²) in [6.45, 7) is 6.98. The van der Waals surface area contributed by atoms with Gasteiger partial charge in [0.1, 0.15) is 0 Å². The van der Waals surface area contributed by atoms with Gasteiger partial charge >= 0.3 is 0 Å². The first-order valence-electron chi connectivity index (χ1n) is 8.06. The third-order valence-electron chi connectivity index (χ3n) is 3.05. The largest absolute Gasteiger partial charge is 0.493 e. The summed E-state index contributed by atoms with van der Waals surface area (Å²) in [6.07, 6.45) is 0.348. The second-order valence-corrected chi connectivity index (χ2v) is 5.43. The van der Waals surface area contributed by atoms with Crippen LogP contribution in [0.4, 0.5) is 5.69 Å². The molecule has 0 fully saturated rings. The molecular formula is C17H29IN4O3. The molecule has 0 spiro atoms. The number of carbonyl (C=O) groups excluding carboxylic acids is 1. The van der Waals surface area contributed by atoms with Crippen molar-refractivity contribution < 1.29 is 14.3 Å². The molecule has 0 heterocycles. The minimum Gasteiger partial charge on any atom is -0.493 e. The number of methoxy groups -OCH3 is 2. The summed E-state index contributed by atoms with van der Waals surface area (Å²) in [6, 6.07) is 5.66. The van der Waals surface area contributed by atoms with Gasteiger partial charge in [-0.3, -0.25) is 9.79 Å². The number of ether oxygens (including phenoxy) is 2. The number of carbonyl (C=O) groups is 1. The molecule has 0 aromatic heterocycles. The maximum absolute atomic E-state index is 11.7. The Morgan fingerprint density at radius 3 is 2.44 bits per heavy atom. The summed E-state index contributed by atoms with van der Waals surface area (Å²) in [5.41, 5.74) is 0.819. The molecule has 0 aliphatic carbocycles. The van der Waals surface area contributed by atoms with Crippen molar-refractivity contribution in [3.63, 3.8) is 0 Å². The highest BCUT2D eigenvalue weighted by Gasteiger charge is 2.07. The maximum atomic E-state index is 11.7. The fourth-order valence-corrected chi connectivity index (χ4v) is 2.02. The Hall–Kier alpha value is -1.71. The average Bonchev–Trinajstić information content (AvgIpc) is 2.54. The van der Waals surface area contributed by atoms with E-state index in [9.17, 15) is 4.79 Å². The predicted molar refractivity (Wildman–Crippen MR) is 112 cm³/mol. The van der Waals surface area contributed by atoms with Gasteiger partial charge in [-0.1, -0.05) is 0 Å². The van der Waals surface area contributed by atoms with E-state index in [1.807, 2.05) is 39.0 Å². The van der Waals surface area contributed by atoms with E-state index in [-0.39, 0.29) is 35.9 Å². The van der Waals surface area contributed by atoms with Gasteiger partial charge in [0.25, 0.3) is 0 Å². The van der Waals surface area contributed by atoms with E-state index < -0.39 is 0 Å². The first-order valence-corrected chi connectivity index (χ1v) is 8.06. The van der Waals surface area contributed by atoms with Gasteiger partial charge in [0.05, 0.1) is 20.8 Å². The summed E-state index contributed by atoms with van der Waals surface area (Å²) in [5.74, 6) is 1.91. The van der Waals surface area contributed by atoms with Crippen molar-refractivity contribution in [2.45, 2.75) is 33.2 Å². The van der Waals surface area contributed by atoms with Crippen LogP contribution in [0.2, 0.25) is 0 Å². The molecule has 3 N–H and O–H groups in total. The monoisotopic (exact) mass is 464 g/mol. The fraction of sp³-hybridized carbons (Fsp3) is 0.529. The smallest absolute Gasteiger partial charge is 0.222 e. The molecule has 1 rings (SSSR count). The number of benzene rings is 1. The summed E-state index contributed by atoms with van der Waals surface area (Å²) in [7, 11) is 3.19. The van der Waals surface area contributed by atoms with E-state index in [0.29, 0.717) is 30.4 Å². The first-order chi connectivity index (χ1) is 11.5. The molecule has 0 radical (unpaired) electrons. The lowest BCUT2D eigenvalue weighted by atomic mass is 10.2. The minimum absolute atomic E-state index is 0. The Kier molecular flexibility index (Phi) is 11.8. The summed E-state index contributed by atoms with van der Waals surface area (Å²) in [4.78, 5) is 16.1. The van der Waals surface area contributed by atoms with Gasteiger partial charge in [-0.25, -0.2) is 0 Å². The maximum Gasteiger partial charge on any atom is 0.222 e. The Morgan fingerprint density at radius 1 is 1.20 bits per heavy atom. The van der Waals surface area contributed by atoms with Crippen LogP contribution in [0.1, 0.15) is 27.2 Å². The summed E-state index contributed by atoms with van der Waals surface area (Å²) < 4.78 is 10.5. The number of halogens is 1. The number of guanidine groups is 1. The molecule has 8 heteroatoms. The molecule has 1 aromatic rings. The second kappa shape index (κ2) is 12.6. The van der Waals surface area contributed by atoms with Crippen LogP contribution >= 0.6 is 24.0 Å². The van der Waals surface area contributed by atoms with Gasteiger partial charge in [-0.15, -0.1) is 24.0 Å². The van der Waals surface area contributed by atoms with Crippen LogP contribution in [0, 0.1) is 0 Å². The van der Waals surface area contributed by atoms with Crippen molar-refractivity contribution in [3.05, 3.63) is 18.2 Å². The van der Waals surface area contributed by atoms with Crippen LogP contribution in [0.5, 0.6) is 11.5 Å². The first kappa shape index (κ1) is 23.3. The number of rotatable bonds is 8. The molecule has 0 bridgehead atoms. The molecule has 142 valence electrons. The number of anilines is 1. The standard InChI is InChI=1S/C17H28N4O3.HI/c1-6-18-17(19-10-9-16(22)20-12(2)3)21-13-7-8-14(23-4)15(11-13)24-5;/h7-8,11-12H,6,9-10H2,1-5H3,(H,20,22)(H2,18,19,21);1H. The lowest BCUT2D eigenvalue weighted by Gasteiger charge is -2.14. The number of aliphatic imine (C=N–C) groups is 1. The molecule has 1 amide bonds. The van der Waals surface area contributed by atoms with Crippen LogP contribution < -0.4 is 25.4 Å². The van der Waals surface area contributed by atoms with Gasteiger partial charge in [0.15, 0.2) is 17.5 Å². The SMILES string of the molecule is CCNC(=NCCC(=O)NC(C)C)Nc1ccc(OC)c(OC)c1.I. The van der Waals surface area contributed by atoms with Crippen molar-refractivity contribution in [1.82, 2.24) is 10.6 Å². The molecule has 25 heavy (non-hydrogen) atoms. The Morgan fingerprint density at radius 2 is 1.88 bits per heavy atom. The Labute approximate surface area is 167 Å². The van der Waals surface area contributed by atoms with Gasteiger partial charge in [-0.2, -0.15) is 0 Å². The van der Waals surface area contributed by atoms with Crippen molar-refractivity contribution in [2.75, 3.05) is 32.6 Å². The number of hydrogen-bond donors (Lipinski definition) is 3. The van der Waals surface area contributed by atoms with Crippen LogP contribution in [0.25, 0.3) is 0 Å². The van der Waals surface area contributed by atoms with Crippen LogP contribution in [-0.4, -0.2) is 45.2 Å². The van der Waals surface area contributed by atoms with Gasteiger partial charge in [0, 0.05) is 30.8 Å². The van der Waals surface area contributed by atoms with E-state index in [1.165, 1.54) is 0 Å². The number of nitrogens with one attached hydrogen (secondary N) is 3. The molecule has 0 aliphatic heterocycles. The van der Waals surface area contributed by atoms with Crippen LogP contribution in [-0.2, 0) is 4.79 Å². The lowest BCUT2D eigenvalue weighted by Crippen LogP contribution is -2.32. The predicted octanol–water partition coefficient (Wildman–Crippen LogP) is 2.61. The average molecular weight is 464 g/mol. The zero-order valence-electron chi connectivity index (χ0n) is 15.5. The highest BCUT2D eigenvalue weighted by atomic mass is 127. The number of hydrogen-bond acceptors (Lipinski definition) is 4. The third kappa shape index (κ3) is 8.80. The van der Waals surface area contributed by atoms with E-state index in [1.54, 1.807) is 14.2 Å². The molecule has 0 saturated carbocycles. The summed E-state index contributed by atoms with van der Waals surface area (Å²) >= 11 is 0. The van der Waals surface area contributed by atoms with Crippen LogP contribution in [0.15, 0.2) is 23.2 Å².